The van der Waals surface area contributed by atoms with Gasteiger partial charge in [0.05, 0.1) is 6.42 Å². The molecule has 0 aliphatic heterocycles. The van der Waals surface area contributed by atoms with Crippen LogP contribution in [0.1, 0.15) is 17.5 Å². The van der Waals surface area contributed by atoms with Crippen LogP contribution in [0.25, 0.3) is 0 Å². The lowest BCUT2D eigenvalue weighted by Gasteiger charge is -2.26. The van der Waals surface area contributed by atoms with E-state index in [4.69, 9.17) is 5.11 Å². The predicted octanol–water partition coefficient (Wildman–Crippen LogP) is 3.62. The lowest BCUT2D eigenvalue weighted by molar-refractivity contribution is -0.136. The molecular formula is C17H18FNO2. The van der Waals surface area contributed by atoms with Crippen LogP contribution in [0.4, 0.5) is 10.1 Å². The Hall–Kier alpha value is -2.36. The molecular weight excluding hydrogens is 269 g/mol. The molecule has 0 bridgehead atoms. The van der Waals surface area contributed by atoms with Crippen LogP contribution < -0.4 is 4.90 Å². The van der Waals surface area contributed by atoms with E-state index in [9.17, 15) is 9.18 Å². The van der Waals surface area contributed by atoms with E-state index < -0.39 is 5.97 Å². The zero-order valence-electron chi connectivity index (χ0n) is 11.9. The minimum absolute atomic E-state index is 0.0650. The zero-order valence-corrected chi connectivity index (χ0v) is 11.9. The Morgan fingerprint density at radius 3 is 2.43 bits per heavy atom. The first-order valence-electron chi connectivity index (χ1n) is 6.83. The van der Waals surface area contributed by atoms with Crippen LogP contribution in [-0.4, -0.2) is 17.6 Å². The van der Waals surface area contributed by atoms with Crippen LogP contribution in [0.2, 0.25) is 0 Å². The second-order valence-corrected chi connectivity index (χ2v) is 4.98. The van der Waals surface area contributed by atoms with Crippen molar-refractivity contribution >= 4 is 11.7 Å². The molecule has 0 spiro atoms. The number of carboxylic acid groups (broad SMARTS) is 1. The van der Waals surface area contributed by atoms with Crippen molar-refractivity contribution in [2.24, 2.45) is 0 Å². The van der Waals surface area contributed by atoms with Gasteiger partial charge in [-0.3, -0.25) is 4.79 Å². The Kier molecular flexibility index (Phi) is 4.93. The van der Waals surface area contributed by atoms with Gasteiger partial charge < -0.3 is 10.0 Å². The normalized spacial score (nSPS) is 10.4. The minimum atomic E-state index is -0.826. The van der Waals surface area contributed by atoms with Crippen molar-refractivity contribution in [3.63, 3.8) is 0 Å². The number of rotatable bonds is 6. The van der Waals surface area contributed by atoms with Crippen LogP contribution >= 0.6 is 0 Å². The maximum Gasteiger partial charge on any atom is 0.305 e. The van der Waals surface area contributed by atoms with E-state index in [1.165, 1.54) is 12.1 Å². The molecule has 0 unspecified atom stereocenters. The van der Waals surface area contributed by atoms with Crippen molar-refractivity contribution in [3.05, 3.63) is 65.5 Å². The fourth-order valence-electron chi connectivity index (χ4n) is 2.24. The first kappa shape index (κ1) is 15.0. The van der Waals surface area contributed by atoms with Gasteiger partial charge in [0.15, 0.2) is 0 Å². The van der Waals surface area contributed by atoms with E-state index in [2.05, 4.69) is 0 Å². The van der Waals surface area contributed by atoms with Crippen molar-refractivity contribution in [1.29, 1.82) is 0 Å². The van der Waals surface area contributed by atoms with Gasteiger partial charge in [0.2, 0.25) is 0 Å². The molecule has 21 heavy (non-hydrogen) atoms. The van der Waals surface area contributed by atoms with Crippen molar-refractivity contribution in [2.75, 3.05) is 11.4 Å². The lowest BCUT2D eigenvalue weighted by Crippen LogP contribution is -2.26. The molecule has 0 heterocycles. The number of para-hydroxylation sites is 1. The third-order valence-corrected chi connectivity index (χ3v) is 3.34. The molecule has 2 aromatic rings. The van der Waals surface area contributed by atoms with Gasteiger partial charge in [-0.15, -0.1) is 0 Å². The number of aliphatic carboxylic acids is 1. The molecule has 0 atom stereocenters. The van der Waals surface area contributed by atoms with Gasteiger partial charge in [-0.25, -0.2) is 4.39 Å². The van der Waals surface area contributed by atoms with Crippen molar-refractivity contribution in [3.8, 4) is 0 Å². The second kappa shape index (κ2) is 6.88. The summed E-state index contributed by atoms with van der Waals surface area (Å²) >= 11 is 0. The van der Waals surface area contributed by atoms with Gasteiger partial charge in [-0.05, 0) is 36.2 Å². The fourth-order valence-corrected chi connectivity index (χ4v) is 2.24. The number of hydrogen-bond donors (Lipinski definition) is 1. The smallest absolute Gasteiger partial charge is 0.305 e. The number of carbonyl (C=O) groups is 1. The highest BCUT2D eigenvalue weighted by Gasteiger charge is 2.11. The Morgan fingerprint density at radius 1 is 1.14 bits per heavy atom. The van der Waals surface area contributed by atoms with Gasteiger partial charge >= 0.3 is 5.97 Å². The predicted molar refractivity (Wildman–Crippen MR) is 80.9 cm³/mol. The summed E-state index contributed by atoms with van der Waals surface area (Å²) in [6, 6.07) is 14.1. The molecule has 0 fully saturated rings. The molecule has 0 aromatic heterocycles. The van der Waals surface area contributed by atoms with Crippen molar-refractivity contribution < 1.29 is 14.3 Å². The summed E-state index contributed by atoms with van der Waals surface area (Å²) in [5.41, 5.74) is 3.04. The first-order valence-corrected chi connectivity index (χ1v) is 6.83. The average Bonchev–Trinajstić information content (AvgIpc) is 2.46. The molecule has 2 rings (SSSR count). The average molecular weight is 287 g/mol. The fraction of sp³-hybridized carbons (Fsp3) is 0.235. The van der Waals surface area contributed by atoms with E-state index >= 15 is 0 Å². The van der Waals surface area contributed by atoms with E-state index in [1.54, 1.807) is 12.1 Å². The van der Waals surface area contributed by atoms with E-state index in [0.717, 1.165) is 16.8 Å². The highest BCUT2D eigenvalue weighted by molar-refractivity contribution is 5.68. The maximum atomic E-state index is 13.0. The Labute approximate surface area is 123 Å². The standard InChI is InChI=1S/C17H18FNO2/c1-13-4-2-3-5-16(13)19(11-10-17(20)21)12-14-6-8-15(18)9-7-14/h2-9H,10-12H2,1H3,(H,20,21). The first-order chi connectivity index (χ1) is 10.1. The molecule has 1 N–H and O–H groups in total. The largest absolute Gasteiger partial charge is 0.481 e. The summed E-state index contributed by atoms with van der Waals surface area (Å²) in [5, 5.41) is 8.90. The van der Waals surface area contributed by atoms with Crippen LogP contribution in [0.15, 0.2) is 48.5 Å². The lowest BCUT2D eigenvalue weighted by atomic mass is 10.1. The highest BCUT2D eigenvalue weighted by Crippen LogP contribution is 2.22. The van der Waals surface area contributed by atoms with Gasteiger partial charge in [0.25, 0.3) is 0 Å². The third-order valence-electron chi connectivity index (χ3n) is 3.34. The minimum Gasteiger partial charge on any atom is -0.481 e. The highest BCUT2D eigenvalue weighted by atomic mass is 19.1. The molecule has 0 saturated heterocycles. The molecule has 0 radical (unpaired) electrons. The number of halogens is 1. The Bertz CT molecular complexity index is 610. The van der Waals surface area contributed by atoms with Gasteiger partial charge in [-0.2, -0.15) is 0 Å². The molecule has 4 heteroatoms. The van der Waals surface area contributed by atoms with Crippen LogP contribution in [0, 0.1) is 12.7 Å². The van der Waals surface area contributed by atoms with Gasteiger partial charge in [0.1, 0.15) is 5.82 Å². The van der Waals surface area contributed by atoms with E-state index in [1.807, 2.05) is 36.1 Å². The summed E-state index contributed by atoms with van der Waals surface area (Å²) in [5.74, 6) is -1.10. The molecule has 0 saturated carbocycles. The third kappa shape index (κ3) is 4.31. The Morgan fingerprint density at radius 2 is 1.81 bits per heavy atom. The summed E-state index contributed by atoms with van der Waals surface area (Å²) in [6.45, 7) is 2.96. The SMILES string of the molecule is Cc1ccccc1N(CCC(=O)O)Cc1ccc(F)cc1. The van der Waals surface area contributed by atoms with Crippen molar-refractivity contribution in [1.82, 2.24) is 0 Å². The number of benzene rings is 2. The van der Waals surface area contributed by atoms with Crippen LogP contribution in [0.3, 0.4) is 0 Å². The molecule has 0 aliphatic carbocycles. The maximum absolute atomic E-state index is 13.0. The quantitative estimate of drug-likeness (QED) is 0.882. The summed E-state index contributed by atoms with van der Waals surface area (Å²) in [4.78, 5) is 12.9. The van der Waals surface area contributed by atoms with Gasteiger partial charge in [0, 0.05) is 18.8 Å². The summed E-state index contributed by atoms with van der Waals surface area (Å²) < 4.78 is 13.0. The number of anilines is 1. The van der Waals surface area contributed by atoms with Crippen LogP contribution in [-0.2, 0) is 11.3 Å². The topological polar surface area (TPSA) is 40.5 Å². The monoisotopic (exact) mass is 287 g/mol. The van der Waals surface area contributed by atoms with Gasteiger partial charge in [-0.1, -0.05) is 30.3 Å². The second-order valence-electron chi connectivity index (χ2n) is 4.98. The summed E-state index contributed by atoms with van der Waals surface area (Å²) in [7, 11) is 0. The summed E-state index contributed by atoms with van der Waals surface area (Å²) in [6.07, 6.45) is 0.0650. The number of aryl methyl sites for hydroxylation is 1. The molecule has 0 amide bonds. The number of hydrogen-bond acceptors (Lipinski definition) is 2. The van der Waals surface area contributed by atoms with E-state index in [0.29, 0.717) is 13.1 Å². The molecule has 3 nitrogen and oxygen atoms in total. The molecule has 2 aromatic carbocycles. The Balaban J connectivity index is 2.21. The molecule has 110 valence electrons. The van der Waals surface area contributed by atoms with E-state index in [-0.39, 0.29) is 12.2 Å². The van der Waals surface area contributed by atoms with Crippen molar-refractivity contribution in [2.45, 2.75) is 19.9 Å². The molecule has 0 aliphatic rings. The number of nitrogens with zero attached hydrogens (tertiary/aromatic N) is 1. The number of carboxylic acids is 1. The van der Waals surface area contributed by atoms with Crippen LogP contribution in [0.5, 0.6) is 0 Å². The zero-order chi connectivity index (χ0) is 15.2.